The lowest BCUT2D eigenvalue weighted by molar-refractivity contribution is 0.0929. The molecule has 0 spiro atoms. The van der Waals surface area contributed by atoms with Crippen molar-refractivity contribution in [1.29, 1.82) is 0 Å². The first-order valence-corrected chi connectivity index (χ1v) is 9.21. The van der Waals surface area contributed by atoms with Crippen LogP contribution >= 0.6 is 31.9 Å². The van der Waals surface area contributed by atoms with E-state index in [2.05, 4.69) is 49.0 Å². The highest BCUT2D eigenvalue weighted by Gasteiger charge is 2.14. The molecule has 0 saturated carbocycles. The van der Waals surface area contributed by atoms with E-state index in [1.807, 2.05) is 36.4 Å². The molecule has 0 saturated heterocycles. The fraction of sp³-hybridized carbons (Fsp3) is 0.0526. The SMILES string of the molecule is C=CCOc1ccc(/C=N\NC(=O)c2cc3cc(Br)cc(Br)c3o2)cc1. The van der Waals surface area contributed by atoms with Crippen LogP contribution in [-0.2, 0) is 0 Å². The number of rotatable bonds is 6. The van der Waals surface area contributed by atoms with E-state index in [1.165, 1.54) is 0 Å². The summed E-state index contributed by atoms with van der Waals surface area (Å²) >= 11 is 6.82. The van der Waals surface area contributed by atoms with Gasteiger partial charge in [-0.1, -0.05) is 28.6 Å². The van der Waals surface area contributed by atoms with Crippen molar-refractivity contribution in [3.8, 4) is 5.75 Å². The number of carbonyl (C=O) groups is 1. The van der Waals surface area contributed by atoms with Crippen LogP contribution < -0.4 is 10.2 Å². The number of furan rings is 1. The molecule has 1 heterocycles. The van der Waals surface area contributed by atoms with Gasteiger partial charge in [0.2, 0.25) is 0 Å². The summed E-state index contributed by atoms with van der Waals surface area (Å²) in [5, 5.41) is 4.77. The number of fused-ring (bicyclic) bond motifs is 1. The van der Waals surface area contributed by atoms with E-state index in [9.17, 15) is 4.79 Å². The molecule has 1 N–H and O–H groups in total. The molecule has 26 heavy (non-hydrogen) atoms. The van der Waals surface area contributed by atoms with Crippen LogP contribution in [0.3, 0.4) is 0 Å². The van der Waals surface area contributed by atoms with Gasteiger partial charge in [0.25, 0.3) is 0 Å². The van der Waals surface area contributed by atoms with Crippen molar-refractivity contribution in [2.24, 2.45) is 5.10 Å². The van der Waals surface area contributed by atoms with E-state index < -0.39 is 5.91 Å². The lowest BCUT2D eigenvalue weighted by Crippen LogP contribution is -2.16. The van der Waals surface area contributed by atoms with Gasteiger partial charge in [0, 0.05) is 9.86 Å². The number of carbonyl (C=O) groups excluding carboxylic acids is 1. The molecule has 132 valence electrons. The third kappa shape index (κ3) is 4.42. The molecule has 1 amide bonds. The summed E-state index contributed by atoms with van der Waals surface area (Å²) in [6.45, 7) is 4.05. The highest BCUT2D eigenvalue weighted by Crippen LogP contribution is 2.30. The summed E-state index contributed by atoms with van der Waals surface area (Å²) in [6.07, 6.45) is 3.23. The summed E-state index contributed by atoms with van der Waals surface area (Å²) in [5.41, 5.74) is 3.89. The molecule has 7 heteroatoms. The molecular formula is C19H14Br2N2O3. The van der Waals surface area contributed by atoms with Crippen LogP contribution in [0.5, 0.6) is 5.75 Å². The summed E-state index contributed by atoms with van der Waals surface area (Å²) in [7, 11) is 0. The van der Waals surface area contributed by atoms with Crippen molar-refractivity contribution in [3.63, 3.8) is 0 Å². The van der Waals surface area contributed by atoms with Crippen molar-refractivity contribution in [1.82, 2.24) is 5.43 Å². The minimum Gasteiger partial charge on any atom is -0.490 e. The zero-order valence-electron chi connectivity index (χ0n) is 13.5. The van der Waals surface area contributed by atoms with Gasteiger partial charge in [0.1, 0.15) is 17.9 Å². The second-order valence-corrected chi connectivity index (χ2v) is 7.05. The smallest absolute Gasteiger partial charge is 0.307 e. The van der Waals surface area contributed by atoms with E-state index in [4.69, 9.17) is 9.15 Å². The Hall–Kier alpha value is -2.38. The molecule has 0 bridgehead atoms. The van der Waals surface area contributed by atoms with Crippen LogP contribution in [-0.4, -0.2) is 18.7 Å². The Morgan fingerprint density at radius 3 is 2.73 bits per heavy atom. The van der Waals surface area contributed by atoms with Crippen molar-refractivity contribution >= 4 is 55.0 Å². The number of benzene rings is 2. The zero-order valence-corrected chi connectivity index (χ0v) is 16.7. The molecule has 0 aliphatic rings. The second kappa shape index (κ2) is 8.33. The minimum atomic E-state index is -0.425. The normalized spacial score (nSPS) is 11.0. The van der Waals surface area contributed by atoms with Crippen LogP contribution in [0, 0.1) is 0 Å². The number of nitrogens with zero attached hydrogens (tertiary/aromatic N) is 1. The molecular weight excluding hydrogens is 464 g/mol. The van der Waals surface area contributed by atoms with Gasteiger partial charge in [-0.25, -0.2) is 5.43 Å². The van der Waals surface area contributed by atoms with Crippen LogP contribution in [0.1, 0.15) is 16.1 Å². The maximum absolute atomic E-state index is 12.2. The average molecular weight is 478 g/mol. The molecule has 0 fully saturated rings. The van der Waals surface area contributed by atoms with Crippen LogP contribution in [0.25, 0.3) is 11.0 Å². The van der Waals surface area contributed by atoms with Crippen molar-refractivity contribution < 1.29 is 13.9 Å². The van der Waals surface area contributed by atoms with E-state index in [0.717, 1.165) is 25.6 Å². The number of hydrogen-bond donors (Lipinski definition) is 1. The van der Waals surface area contributed by atoms with Gasteiger partial charge in [0.05, 0.1) is 10.7 Å². The molecule has 5 nitrogen and oxygen atoms in total. The maximum atomic E-state index is 12.2. The van der Waals surface area contributed by atoms with E-state index in [0.29, 0.717) is 12.2 Å². The Balaban J connectivity index is 1.65. The zero-order chi connectivity index (χ0) is 18.5. The maximum Gasteiger partial charge on any atom is 0.307 e. The largest absolute Gasteiger partial charge is 0.490 e. The number of hydrazone groups is 1. The minimum absolute atomic E-state index is 0.184. The number of halogens is 2. The Morgan fingerprint density at radius 1 is 1.23 bits per heavy atom. The number of nitrogens with one attached hydrogen (secondary N) is 1. The van der Waals surface area contributed by atoms with Gasteiger partial charge in [0.15, 0.2) is 5.76 Å². The molecule has 0 atom stereocenters. The van der Waals surface area contributed by atoms with E-state index in [-0.39, 0.29) is 5.76 Å². The topological polar surface area (TPSA) is 63.8 Å². The van der Waals surface area contributed by atoms with Gasteiger partial charge in [-0.15, -0.1) is 0 Å². The molecule has 3 aromatic rings. The molecule has 0 aliphatic carbocycles. The number of hydrogen-bond acceptors (Lipinski definition) is 4. The van der Waals surface area contributed by atoms with Crippen molar-refractivity contribution in [3.05, 3.63) is 75.4 Å². The number of amides is 1. The monoisotopic (exact) mass is 476 g/mol. The Bertz CT molecular complexity index is 978. The Morgan fingerprint density at radius 2 is 2.00 bits per heavy atom. The fourth-order valence-electron chi connectivity index (χ4n) is 2.21. The molecule has 0 radical (unpaired) electrons. The lowest BCUT2D eigenvalue weighted by Gasteiger charge is -2.02. The van der Waals surface area contributed by atoms with Crippen molar-refractivity contribution in [2.45, 2.75) is 0 Å². The first kappa shape index (κ1) is 18.4. The summed E-state index contributed by atoms with van der Waals surface area (Å²) in [6, 6.07) is 12.7. The molecule has 2 aromatic carbocycles. The summed E-state index contributed by atoms with van der Waals surface area (Å²) in [4.78, 5) is 12.2. The highest BCUT2D eigenvalue weighted by atomic mass is 79.9. The van der Waals surface area contributed by atoms with Gasteiger partial charge in [-0.2, -0.15) is 5.10 Å². The van der Waals surface area contributed by atoms with Gasteiger partial charge in [-0.05, 0) is 64.0 Å². The van der Waals surface area contributed by atoms with Crippen LogP contribution in [0.4, 0.5) is 0 Å². The lowest BCUT2D eigenvalue weighted by atomic mass is 10.2. The Labute approximate surface area is 167 Å². The third-order valence-corrected chi connectivity index (χ3v) is 4.43. The van der Waals surface area contributed by atoms with E-state index in [1.54, 1.807) is 18.4 Å². The molecule has 0 aliphatic heterocycles. The summed E-state index contributed by atoms with van der Waals surface area (Å²) in [5.74, 6) is 0.501. The standard InChI is InChI=1S/C19H14Br2N2O3/c1-2-7-25-15-5-3-12(4-6-15)11-22-23-19(24)17-9-13-8-14(20)10-16(21)18(13)26-17/h2-6,8-11H,1,7H2,(H,23,24)/b22-11-. The first-order valence-electron chi connectivity index (χ1n) is 7.62. The molecule has 0 unspecified atom stereocenters. The van der Waals surface area contributed by atoms with Gasteiger partial charge >= 0.3 is 5.91 Å². The summed E-state index contributed by atoms with van der Waals surface area (Å²) < 4.78 is 12.7. The van der Waals surface area contributed by atoms with E-state index >= 15 is 0 Å². The first-order chi connectivity index (χ1) is 12.6. The predicted octanol–water partition coefficient (Wildman–Crippen LogP) is 5.29. The van der Waals surface area contributed by atoms with Crippen LogP contribution in [0.2, 0.25) is 0 Å². The van der Waals surface area contributed by atoms with Crippen LogP contribution in [0.15, 0.2) is 73.6 Å². The average Bonchev–Trinajstić information content (AvgIpc) is 3.05. The van der Waals surface area contributed by atoms with Crippen molar-refractivity contribution in [2.75, 3.05) is 6.61 Å². The Kier molecular flexibility index (Phi) is 5.90. The molecule has 3 rings (SSSR count). The second-order valence-electron chi connectivity index (χ2n) is 5.28. The fourth-order valence-corrected chi connectivity index (χ4v) is 3.55. The third-order valence-electron chi connectivity index (χ3n) is 3.39. The predicted molar refractivity (Wildman–Crippen MR) is 109 cm³/mol. The quantitative estimate of drug-likeness (QED) is 0.298. The van der Waals surface area contributed by atoms with Gasteiger partial charge < -0.3 is 9.15 Å². The molecule has 1 aromatic heterocycles. The number of ether oxygens (including phenoxy) is 1. The highest BCUT2D eigenvalue weighted by molar-refractivity contribution is 9.11. The van der Waals surface area contributed by atoms with Gasteiger partial charge in [-0.3, -0.25) is 4.79 Å².